The molecule has 2 aliphatic heterocycles. The molecule has 2 aliphatic rings. The molecular formula is C19H17N3O5. The molecule has 4 amide bonds. The molecule has 1 aromatic carbocycles. The van der Waals surface area contributed by atoms with E-state index in [2.05, 4.69) is 10.6 Å². The molecule has 0 aliphatic carbocycles. The minimum absolute atomic E-state index is 0.0687. The summed E-state index contributed by atoms with van der Waals surface area (Å²) in [5.41, 5.74) is -0.463. The van der Waals surface area contributed by atoms with Crippen LogP contribution >= 0.6 is 0 Å². The Bertz CT molecular complexity index is 966. The van der Waals surface area contributed by atoms with Crippen molar-refractivity contribution >= 4 is 29.3 Å². The molecule has 3 heterocycles. The van der Waals surface area contributed by atoms with Crippen LogP contribution in [0, 0.1) is 0 Å². The number of piperidine rings is 1. The minimum Gasteiger partial charge on any atom is -0.467 e. The van der Waals surface area contributed by atoms with Crippen LogP contribution in [0.15, 0.2) is 41.0 Å². The summed E-state index contributed by atoms with van der Waals surface area (Å²) in [5.74, 6) is -1.46. The fraction of sp³-hybridized carbons (Fsp3) is 0.263. The molecule has 27 heavy (non-hydrogen) atoms. The molecule has 1 aromatic heterocycles. The number of hydrogen-bond donors (Lipinski definition) is 2. The van der Waals surface area contributed by atoms with E-state index >= 15 is 0 Å². The van der Waals surface area contributed by atoms with Crippen LogP contribution in [0.1, 0.15) is 46.2 Å². The molecule has 8 nitrogen and oxygen atoms in total. The molecular weight excluding hydrogens is 350 g/mol. The van der Waals surface area contributed by atoms with Crippen molar-refractivity contribution in [2.75, 3.05) is 5.32 Å². The van der Waals surface area contributed by atoms with Crippen LogP contribution in [0.3, 0.4) is 0 Å². The second kappa shape index (κ2) is 6.08. The second-order valence-electron chi connectivity index (χ2n) is 6.76. The van der Waals surface area contributed by atoms with Crippen molar-refractivity contribution in [2.24, 2.45) is 0 Å². The quantitative estimate of drug-likeness (QED) is 0.796. The molecule has 0 radical (unpaired) electrons. The molecule has 2 N–H and O–H groups in total. The summed E-state index contributed by atoms with van der Waals surface area (Å²) in [6, 6.07) is 8.48. The first-order valence-electron chi connectivity index (χ1n) is 8.54. The van der Waals surface area contributed by atoms with Crippen molar-refractivity contribution in [1.82, 2.24) is 10.2 Å². The van der Waals surface area contributed by atoms with Gasteiger partial charge in [-0.3, -0.25) is 29.4 Å². The van der Waals surface area contributed by atoms with Crippen molar-refractivity contribution in [3.05, 3.63) is 53.5 Å². The van der Waals surface area contributed by atoms with Gasteiger partial charge in [0, 0.05) is 12.1 Å². The minimum atomic E-state index is -1.40. The third kappa shape index (κ3) is 2.61. The third-order valence-electron chi connectivity index (χ3n) is 5.02. The van der Waals surface area contributed by atoms with Crippen molar-refractivity contribution < 1.29 is 23.6 Å². The number of imide groups is 2. The predicted octanol–water partition coefficient (Wildman–Crippen LogP) is 1.68. The Morgan fingerprint density at radius 3 is 2.67 bits per heavy atom. The van der Waals surface area contributed by atoms with Crippen molar-refractivity contribution in [3.8, 4) is 0 Å². The first kappa shape index (κ1) is 17.0. The Kier molecular flexibility index (Phi) is 3.83. The number of fused-ring (bicyclic) bond motifs is 1. The van der Waals surface area contributed by atoms with Crippen LogP contribution in [0.2, 0.25) is 0 Å². The maximum atomic E-state index is 13.1. The maximum Gasteiger partial charge on any atom is 0.264 e. The fourth-order valence-corrected chi connectivity index (χ4v) is 3.48. The zero-order chi connectivity index (χ0) is 19.2. The highest BCUT2D eigenvalue weighted by atomic mass is 16.3. The second-order valence-corrected chi connectivity index (χ2v) is 6.76. The lowest BCUT2D eigenvalue weighted by molar-refractivity contribution is -0.140. The van der Waals surface area contributed by atoms with E-state index in [4.69, 9.17) is 4.42 Å². The van der Waals surface area contributed by atoms with Gasteiger partial charge in [0.25, 0.3) is 17.7 Å². The van der Waals surface area contributed by atoms with E-state index in [1.807, 2.05) is 0 Å². The lowest BCUT2D eigenvalue weighted by Gasteiger charge is -2.38. The van der Waals surface area contributed by atoms with E-state index in [0.29, 0.717) is 18.0 Å². The van der Waals surface area contributed by atoms with Gasteiger partial charge in [-0.05, 0) is 37.6 Å². The van der Waals surface area contributed by atoms with E-state index in [1.54, 1.807) is 36.6 Å². The van der Waals surface area contributed by atoms with Gasteiger partial charge in [0.05, 0.1) is 23.9 Å². The number of hydrogen-bond acceptors (Lipinski definition) is 6. The number of nitrogens with zero attached hydrogens (tertiary/aromatic N) is 1. The molecule has 1 atom stereocenters. The Morgan fingerprint density at radius 2 is 1.96 bits per heavy atom. The third-order valence-corrected chi connectivity index (χ3v) is 5.02. The van der Waals surface area contributed by atoms with Gasteiger partial charge in [0.15, 0.2) is 0 Å². The van der Waals surface area contributed by atoms with Gasteiger partial charge in [0.2, 0.25) is 5.91 Å². The van der Waals surface area contributed by atoms with Gasteiger partial charge in [-0.1, -0.05) is 6.07 Å². The highest BCUT2D eigenvalue weighted by Gasteiger charge is 2.53. The summed E-state index contributed by atoms with van der Waals surface area (Å²) < 4.78 is 5.27. The Balaban J connectivity index is 1.67. The molecule has 1 fully saturated rings. The summed E-state index contributed by atoms with van der Waals surface area (Å²) in [6.07, 6.45) is 1.71. The van der Waals surface area contributed by atoms with E-state index in [-0.39, 0.29) is 24.0 Å². The van der Waals surface area contributed by atoms with Crippen LogP contribution in [0.4, 0.5) is 5.69 Å². The summed E-state index contributed by atoms with van der Waals surface area (Å²) in [4.78, 5) is 50.9. The molecule has 2 aromatic rings. The molecule has 0 unspecified atom stereocenters. The zero-order valence-electron chi connectivity index (χ0n) is 14.6. The molecule has 0 bridgehead atoms. The number of nitrogens with one attached hydrogen (secondary N) is 2. The number of carbonyl (C=O) groups excluding carboxylic acids is 4. The van der Waals surface area contributed by atoms with Gasteiger partial charge in [-0.2, -0.15) is 0 Å². The van der Waals surface area contributed by atoms with Gasteiger partial charge in [0.1, 0.15) is 11.3 Å². The van der Waals surface area contributed by atoms with E-state index < -0.39 is 29.2 Å². The van der Waals surface area contributed by atoms with E-state index in [1.165, 1.54) is 6.92 Å². The Hall–Kier alpha value is -3.42. The molecule has 0 saturated carbocycles. The topological polar surface area (TPSA) is 109 Å². The average molecular weight is 367 g/mol. The normalized spacial score (nSPS) is 22.0. The number of carbonyl (C=O) groups is 4. The predicted molar refractivity (Wildman–Crippen MR) is 93.8 cm³/mol. The smallest absolute Gasteiger partial charge is 0.264 e. The van der Waals surface area contributed by atoms with Crippen LogP contribution < -0.4 is 10.6 Å². The van der Waals surface area contributed by atoms with Crippen LogP contribution in [-0.4, -0.2) is 34.1 Å². The monoisotopic (exact) mass is 367 g/mol. The standard InChI is InChI=1S/C19H17N3O5/c1-19(8-7-14(23)21-18(19)26)22-16(24)12-5-2-6-13(15(12)17(22)25)20-10-11-4-3-9-27-11/h2-6,9,20H,7-8,10H2,1H3,(H,21,23,26)/t19-/m0/s1. The summed E-state index contributed by atoms with van der Waals surface area (Å²) >= 11 is 0. The zero-order valence-corrected chi connectivity index (χ0v) is 14.6. The lowest BCUT2D eigenvalue weighted by atomic mass is 9.89. The maximum absolute atomic E-state index is 13.1. The molecule has 138 valence electrons. The summed E-state index contributed by atoms with van der Waals surface area (Å²) in [6.45, 7) is 1.85. The molecule has 0 spiro atoms. The molecule has 1 saturated heterocycles. The first-order valence-corrected chi connectivity index (χ1v) is 8.54. The van der Waals surface area contributed by atoms with Gasteiger partial charge in [-0.15, -0.1) is 0 Å². The lowest BCUT2D eigenvalue weighted by Crippen LogP contribution is -2.62. The fourth-order valence-electron chi connectivity index (χ4n) is 3.48. The first-order chi connectivity index (χ1) is 12.9. The molecule has 8 heteroatoms. The number of anilines is 1. The SMILES string of the molecule is C[C@]1(N2C(=O)c3cccc(NCc4ccco4)c3C2=O)CCC(=O)NC1=O. The van der Waals surface area contributed by atoms with Crippen molar-refractivity contribution in [2.45, 2.75) is 31.8 Å². The van der Waals surface area contributed by atoms with Crippen LogP contribution in [0.5, 0.6) is 0 Å². The Labute approximate surface area is 154 Å². The van der Waals surface area contributed by atoms with Crippen molar-refractivity contribution in [3.63, 3.8) is 0 Å². The van der Waals surface area contributed by atoms with E-state index in [0.717, 1.165) is 4.90 Å². The van der Waals surface area contributed by atoms with E-state index in [9.17, 15) is 19.2 Å². The number of benzene rings is 1. The Morgan fingerprint density at radius 1 is 1.15 bits per heavy atom. The summed E-state index contributed by atoms with van der Waals surface area (Å²) in [7, 11) is 0. The van der Waals surface area contributed by atoms with Crippen LogP contribution in [0.25, 0.3) is 0 Å². The van der Waals surface area contributed by atoms with Crippen molar-refractivity contribution in [1.29, 1.82) is 0 Å². The highest BCUT2D eigenvalue weighted by Crippen LogP contribution is 2.37. The highest BCUT2D eigenvalue weighted by molar-refractivity contribution is 6.26. The largest absolute Gasteiger partial charge is 0.467 e. The molecule has 4 rings (SSSR count). The van der Waals surface area contributed by atoms with Gasteiger partial charge in [-0.25, -0.2) is 0 Å². The average Bonchev–Trinajstić information content (AvgIpc) is 3.25. The van der Waals surface area contributed by atoms with Gasteiger partial charge < -0.3 is 9.73 Å². The number of amides is 4. The number of rotatable bonds is 4. The summed E-state index contributed by atoms with van der Waals surface area (Å²) in [5, 5.41) is 5.33. The van der Waals surface area contributed by atoms with Crippen LogP contribution in [-0.2, 0) is 16.1 Å². The number of furan rings is 1. The van der Waals surface area contributed by atoms with Gasteiger partial charge >= 0.3 is 0 Å².